The second kappa shape index (κ2) is 7.26. The van der Waals surface area contributed by atoms with Gasteiger partial charge in [-0.1, -0.05) is 18.2 Å². The summed E-state index contributed by atoms with van der Waals surface area (Å²) in [6, 6.07) is 10.3. The number of benzene rings is 2. The van der Waals surface area contributed by atoms with Crippen molar-refractivity contribution in [2.75, 3.05) is 7.11 Å². The van der Waals surface area contributed by atoms with Crippen LogP contribution < -0.4 is 9.47 Å². The van der Waals surface area contributed by atoms with Crippen molar-refractivity contribution in [2.45, 2.75) is 58.0 Å². The van der Waals surface area contributed by atoms with Crippen LogP contribution in [-0.4, -0.2) is 13.3 Å². The molecular formula is C23H26O4. The fourth-order valence-electron chi connectivity index (χ4n) is 3.54. The lowest BCUT2D eigenvalue weighted by atomic mass is 10.0. The third-order valence-electron chi connectivity index (χ3n) is 5.56. The van der Waals surface area contributed by atoms with Crippen LogP contribution >= 0.6 is 0 Å². The van der Waals surface area contributed by atoms with E-state index in [9.17, 15) is 4.79 Å². The highest BCUT2D eigenvalue weighted by atomic mass is 16.7. The van der Waals surface area contributed by atoms with Crippen LogP contribution in [0.1, 0.15) is 65.3 Å². The number of rotatable bonds is 6. The minimum Gasteiger partial charge on any atom is -0.488 e. The highest BCUT2D eigenvalue weighted by Crippen LogP contribution is 2.46. The number of carbonyl (C=O) groups excluding carboxylic acids is 1. The van der Waals surface area contributed by atoms with Gasteiger partial charge < -0.3 is 14.2 Å². The van der Waals surface area contributed by atoms with Crippen LogP contribution in [-0.2, 0) is 11.3 Å². The number of methoxy groups -OCH3 is 1. The molecule has 2 saturated carbocycles. The first-order valence-electron chi connectivity index (χ1n) is 9.68. The molecule has 2 aliphatic rings. The van der Waals surface area contributed by atoms with Crippen LogP contribution in [0.3, 0.4) is 0 Å². The van der Waals surface area contributed by atoms with E-state index >= 15 is 0 Å². The molecule has 4 rings (SSSR count). The Morgan fingerprint density at radius 1 is 0.963 bits per heavy atom. The molecule has 0 radical (unpaired) electrons. The van der Waals surface area contributed by atoms with Crippen molar-refractivity contribution in [1.29, 1.82) is 0 Å². The Bertz CT molecular complexity index is 863. The van der Waals surface area contributed by atoms with Gasteiger partial charge in [0.25, 0.3) is 0 Å². The average molecular weight is 366 g/mol. The molecule has 0 aromatic heterocycles. The fraction of sp³-hybridized carbons (Fsp3) is 0.435. The Morgan fingerprint density at radius 3 is 2.30 bits per heavy atom. The van der Waals surface area contributed by atoms with Crippen molar-refractivity contribution >= 4 is 6.16 Å². The Kier molecular flexibility index (Phi) is 4.81. The summed E-state index contributed by atoms with van der Waals surface area (Å²) in [6.07, 6.45) is 4.11. The maximum Gasteiger partial charge on any atom is 0.513 e. The van der Waals surface area contributed by atoms with E-state index in [0.29, 0.717) is 24.2 Å². The van der Waals surface area contributed by atoms with Gasteiger partial charge in [0, 0.05) is 5.56 Å². The van der Waals surface area contributed by atoms with Crippen LogP contribution in [0.25, 0.3) is 0 Å². The zero-order valence-corrected chi connectivity index (χ0v) is 16.2. The summed E-state index contributed by atoms with van der Waals surface area (Å²) in [5.41, 5.74) is 6.00. The smallest absolute Gasteiger partial charge is 0.488 e. The van der Waals surface area contributed by atoms with Crippen LogP contribution in [0.15, 0.2) is 30.3 Å². The van der Waals surface area contributed by atoms with Gasteiger partial charge in [-0.3, -0.25) is 0 Å². The zero-order chi connectivity index (χ0) is 19.0. The fourth-order valence-corrected chi connectivity index (χ4v) is 3.54. The van der Waals surface area contributed by atoms with Crippen LogP contribution in [0.5, 0.6) is 11.5 Å². The van der Waals surface area contributed by atoms with Gasteiger partial charge in [-0.05, 0) is 85.8 Å². The van der Waals surface area contributed by atoms with Gasteiger partial charge in [-0.15, -0.1) is 0 Å². The summed E-state index contributed by atoms with van der Waals surface area (Å²) in [6.45, 7) is 4.65. The first kappa shape index (κ1) is 17.9. The van der Waals surface area contributed by atoms with Gasteiger partial charge in [0.15, 0.2) is 0 Å². The summed E-state index contributed by atoms with van der Waals surface area (Å²) < 4.78 is 16.4. The van der Waals surface area contributed by atoms with Gasteiger partial charge in [-0.2, -0.15) is 0 Å². The molecule has 0 atom stereocenters. The molecule has 0 saturated heterocycles. The molecular weight excluding hydrogens is 340 g/mol. The van der Waals surface area contributed by atoms with Crippen molar-refractivity contribution in [1.82, 2.24) is 0 Å². The molecule has 0 unspecified atom stereocenters. The molecule has 0 amide bonds. The summed E-state index contributed by atoms with van der Waals surface area (Å²) in [4.78, 5) is 11.7. The lowest BCUT2D eigenvalue weighted by Gasteiger charge is -2.17. The number of hydrogen-bond acceptors (Lipinski definition) is 4. The topological polar surface area (TPSA) is 44.8 Å². The molecule has 4 nitrogen and oxygen atoms in total. The average Bonchev–Trinajstić information content (AvgIpc) is 3.55. The standard InChI is InChI=1S/C23H26O4/c1-14-11-19(17-9-10-17)22(12-15(14)2)26-13-20-18(16-7-8-16)5-4-6-21(20)27-23(24)25-3/h4-6,11-12,16-17H,7-10,13H2,1-3H3. The van der Waals surface area contributed by atoms with Crippen LogP contribution in [0.4, 0.5) is 4.79 Å². The normalized spacial score (nSPS) is 16.1. The monoisotopic (exact) mass is 366 g/mol. The van der Waals surface area contributed by atoms with Gasteiger partial charge in [-0.25, -0.2) is 4.79 Å². The first-order chi connectivity index (χ1) is 13.1. The number of ether oxygens (including phenoxy) is 3. The maximum absolute atomic E-state index is 11.7. The molecule has 4 heteroatoms. The van der Waals surface area contributed by atoms with Gasteiger partial charge >= 0.3 is 6.16 Å². The highest BCUT2D eigenvalue weighted by molar-refractivity contribution is 5.65. The molecule has 2 aromatic rings. The zero-order valence-electron chi connectivity index (χ0n) is 16.2. The van der Waals surface area contributed by atoms with Crippen molar-refractivity contribution < 1.29 is 19.0 Å². The number of aryl methyl sites for hydroxylation is 2. The van der Waals surface area contributed by atoms with Crippen LogP contribution in [0, 0.1) is 13.8 Å². The van der Waals surface area contributed by atoms with Gasteiger partial charge in [0.1, 0.15) is 18.1 Å². The molecule has 0 bridgehead atoms. The molecule has 2 aliphatic carbocycles. The molecule has 2 fully saturated rings. The molecule has 0 aliphatic heterocycles. The minimum absolute atomic E-state index is 0.390. The van der Waals surface area contributed by atoms with E-state index in [1.54, 1.807) is 0 Å². The lowest BCUT2D eigenvalue weighted by Crippen LogP contribution is -2.11. The van der Waals surface area contributed by atoms with E-state index in [1.165, 1.54) is 55.0 Å². The minimum atomic E-state index is -0.700. The Balaban J connectivity index is 1.63. The van der Waals surface area contributed by atoms with E-state index in [2.05, 4.69) is 36.8 Å². The molecule has 142 valence electrons. The van der Waals surface area contributed by atoms with E-state index < -0.39 is 6.16 Å². The second-order valence-electron chi connectivity index (χ2n) is 7.69. The van der Waals surface area contributed by atoms with Crippen molar-refractivity contribution in [2.24, 2.45) is 0 Å². The van der Waals surface area contributed by atoms with E-state index in [0.717, 1.165) is 11.3 Å². The highest BCUT2D eigenvalue weighted by Gasteiger charge is 2.30. The lowest BCUT2D eigenvalue weighted by molar-refractivity contribution is 0.120. The van der Waals surface area contributed by atoms with Crippen molar-refractivity contribution in [3.63, 3.8) is 0 Å². The predicted molar refractivity (Wildman–Crippen MR) is 104 cm³/mol. The molecule has 2 aromatic carbocycles. The number of hydrogen-bond donors (Lipinski definition) is 0. The Hall–Kier alpha value is -2.49. The summed E-state index contributed by atoms with van der Waals surface area (Å²) >= 11 is 0. The Morgan fingerprint density at radius 2 is 1.63 bits per heavy atom. The molecule has 0 heterocycles. The third kappa shape index (κ3) is 3.95. The summed E-state index contributed by atoms with van der Waals surface area (Å²) in [5.74, 6) is 2.63. The first-order valence-corrected chi connectivity index (χ1v) is 9.68. The largest absolute Gasteiger partial charge is 0.513 e. The number of carbonyl (C=O) groups is 1. The predicted octanol–water partition coefficient (Wildman–Crippen LogP) is 5.78. The second-order valence-corrected chi connectivity index (χ2v) is 7.69. The van der Waals surface area contributed by atoms with E-state index in [-0.39, 0.29) is 0 Å². The van der Waals surface area contributed by atoms with Crippen molar-refractivity contribution in [3.8, 4) is 11.5 Å². The quantitative estimate of drug-likeness (QED) is 0.480. The summed E-state index contributed by atoms with van der Waals surface area (Å²) in [5, 5.41) is 0. The van der Waals surface area contributed by atoms with E-state index in [1.807, 2.05) is 12.1 Å². The molecule has 0 N–H and O–H groups in total. The third-order valence-corrected chi connectivity index (χ3v) is 5.56. The van der Waals surface area contributed by atoms with Crippen molar-refractivity contribution in [3.05, 3.63) is 58.1 Å². The molecule has 27 heavy (non-hydrogen) atoms. The molecule has 0 spiro atoms. The van der Waals surface area contributed by atoms with Gasteiger partial charge in [0.2, 0.25) is 0 Å². The Labute approximate surface area is 160 Å². The maximum atomic E-state index is 11.7. The van der Waals surface area contributed by atoms with Crippen LogP contribution in [0.2, 0.25) is 0 Å². The van der Waals surface area contributed by atoms with E-state index in [4.69, 9.17) is 9.47 Å². The SMILES string of the molecule is COC(=O)Oc1cccc(C2CC2)c1COc1cc(C)c(C)cc1C1CC1. The van der Waals surface area contributed by atoms with Gasteiger partial charge in [0.05, 0.1) is 7.11 Å². The summed E-state index contributed by atoms with van der Waals surface area (Å²) in [7, 11) is 1.32.